The summed E-state index contributed by atoms with van der Waals surface area (Å²) in [6.07, 6.45) is 1.58. The second kappa shape index (κ2) is 9.76. The predicted molar refractivity (Wildman–Crippen MR) is 114 cm³/mol. The molecule has 0 aliphatic heterocycles. The summed E-state index contributed by atoms with van der Waals surface area (Å²) in [4.78, 5) is 23.6. The molecule has 7 nitrogen and oxygen atoms in total. The summed E-state index contributed by atoms with van der Waals surface area (Å²) in [5.41, 5.74) is 2.08. The Hall–Kier alpha value is -2.58. The van der Waals surface area contributed by atoms with Crippen LogP contribution < -0.4 is 9.62 Å². The van der Waals surface area contributed by atoms with E-state index >= 15 is 0 Å². The van der Waals surface area contributed by atoms with E-state index in [0.29, 0.717) is 33.9 Å². The van der Waals surface area contributed by atoms with Crippen molar-refractivity contribution in [2.24, 2.45) is 0 Å². The van der Waals surface area contributed by atoms with Gasteiger partial charge in [0.05, 0.1) is 24.6 Å². The molecule has 0 aliphatic carbocycles. The third kappa shape index (κ3) is 6.20. The molecular formula is C20H23ClN2O5S. The summed E-state index contributed by atoms with van der Waals surface area (Å²) < 4.78 is 30.3. The van der Waals surface area contributed by atoms with Crippen LogP contribution in [0.2, 0.25) is 5.02 Å². The number of ether oxygens (including phenoxy) is 1. The zero-order chi connectivity index (χ0) is 21.6. The monoisotopic (exact) mass is 438 g/mol. The average Bonchev–Trinajstić information content (AvgIpc) is 2.67. The van der Waals surface area contributed by atoms with Gasteiger partial charge in [0.1, 0.15) is 0 Å². The highest BCUT2D eigenvalue weighted by atomic mass is 35.5. The van der Waals surface area contributed by atoms with E-state index in [1.807, 2.05) is 0 Å². The lowest BCUT2D eigenvalue weighted by Gasteiger charge is -2.24. The number of hydrogen-bond donors (Lipinski definition) is 1. The first kappa shape index (κ1) is 22.7. The quantitative estimate of drug-likeness (QED) is 0.635. The number of halogens is 1. The van der Waals surface area contributed by atoms with Crippen LogP contribution in [0.5, 0.6) is 0 Å². The van der Waals surface area contributed by atoms with Gasteiger partial charge in [0.25, 0.3) is 0 Å². The fraction of sp³-hybridized carbons (Fsp3) is 0.300. The van der Waals surface area contributed by atoms with E-state index < -0.39 is 16.0 Å². The van der Waals surface area contributed by atoms with E-state index in [-0.39, 0.29) is 18.9 Å². The molecule has 0 heterocycles. The first-order valence-electron chi connectivity index (χ1n) is 8.84. The van der Waals surface area contributed by atoms with Gasteiger partial charge in [0.2, 0.25) is 15.9 Å². The number of anilines is 2. The Morgan fingerprint density at radius 3 is 2.38 bits per heavy atom. The number of benzene rings is 2. The molecular weight excluding hydrogens is 416 g/mol. The minimum absolute atomic E-state index is 0.129. The molecule has 29 heavy (non-hydrogen) atoms. The van der Waals surface area contributed by atoms with Crippen LogP contribution in [0.15, 0.2) is 42.5 Å². The Balaban J connectivity index is 1.98. The standard InChI is InChI=1S/C20H23ClN2O5S/c1-14-17(21)6-4-7-18(14)23(29(3,26)27)13-5-8-19(24)22-16-11-9-15(10-12-16)20(25)28-2/h4,6-7,9-12H,5,8,13H2,1-3H3,(H,22,24). The number of methoxy groups -OCH3 is 1. The highest BCUT2D eigenvalue weighted by molar-refractivity contribution is 7.92. The number of nitrogens with zero attached hydrogens (tertiary/aromatic N) is 1. The van der Waals surface area contributed by atoms with Crippen LogP contribution in [0.1, 0.15) is 28.8 Å². The molecule has 156 valence electrons. The number of carbonyl (C=O) groups excluding carboxylic acids is 2. The van der Waals surface area contributed by atoms with Crippen LogP contribution in [-0.2, 0) is 19.6 Å². The number of amides is 1. The second-order valence-electron chi connectivity index (χ2n) is 6.44. The third-order valence-electron chi connectivity index (χ3n) is 4.26. The number of hydrogen-bond acceptors (Lipinski definition) is 5. The summed E-state index contributed by atoms with van der Waals surface area (Å²) in [6, 6.07) is 11.4. The molecule has 2 aromatic carbocycles. The number of carbonyl (C=O) groups is 2. The largest absolute Gasteiger partial charge is 0.465 e. The SMILES string of the molecule is COC(=O)c1ccc(NC(=O)CCCN(c2cccc(Cl)c2C)S(C)(=O)=O)cc1. The molecule has 0 aromatic heterocycles. The summed E-state index contributed by atoms with van der Waals surface area (Å²) in [6.45, 7) is 1.90. The van der Waals surface area contributed by atoms with Crippen molar-refractivity contribution in [3.63, 3.8) is 0 Å². The van der Waals surface area contributed by atoms with Crippen molar-refractivity contribution < 1.29 is 22.7 Å². The van der Waals surface area contributed by atoms with Crippen molar-refractivity contribution in [1.29, 1.82) is 0 Å². The van der Waals surface area contributed by atoms with Gasteiger partial charge in [0.15, 0.2) is 0 Å². The van der Waals surface area contributed by atoms with Crippen molar-refractivity contribution in [1.82, 2.24) is 0 Å². The third-order valence-corrected chi connectivity index (χ3v) is 5.85. The first-order chi connectivity index (χ1) is 13.6. The van der Waals surface area contributed by atoms with Crippen molar-refractivity contribution in [3.05, 3.63) is 58.6 Å². The minimum atomic E-state index is -3.53. The zero-order valence-electron chi connectivity index (χ0n) is 16.4. The highest BCUT2D eigenvalue weighted by Crippen LogP contribution is 2.28. The molecule has 1 amide bonds. The summed E-state index contributed by atoms with van der Waals surface area (Å²) in [5.74, 6) is -0.716. The molecule has 0 saturated carbocycles. The lowest BCUT2D eigenvalue weighted by molar-refractivity contribution is -0.116. The normalized spacial score (nSPS) is 11.0. The topological polar surface area (TPSA) is 92.8 Å². The van der Waals surface area contributed by atoms with Crippen molar-refractivity contribution in [2.45, 2.75) is 19.8 Å². The molecule has 0 spiro atoms. The van der Waals surface area contributed by atoms with Gasteiger partial charge in [-0.2, -0.15) is 0 Å². The molecule has 0 aliphatic rings. The Bertz CT molecular complexity index is 990. The number of rotatable bonds is 8. The van der Waals surface area contributed by atoms with E-state index in [4.69, 9.17) is 11.6 Å². The predicted octanol–water partition coefficient (Wildman–Crippen LogP) is 3.62. The van der Waals surface area contributed by atoms with Crippen molar-refractivity contribution >= 4 is 44.9 Å². The van der Waals surface area contributed by atoms with Crippen LogP contribution in [0, 0.1) is 6.92 Å². The highest BCUT2D eigenvalue weighted by Gasteiger charge is 2.20. The Kier molecular flexibility index (Phi) is 7.64. The fourth-order valence-corrected chi connectivity index (χ4v) is 3.93. The van der Waals surface area contributed by atoms with Gasteiger partial charge in [-0.05, 0) is 55.3 Å². The molecule has 9 heteroatoms. The molecule has 0 saturated heterocycles. The zero-order valence-corrected chi connectivity index (χ0v) is 18.0. The van der Waals surface area contributed by atoms with Gasteiger partial charge in [-0.3, -0.25) is 9.10 Å². The lowest BCUT2D eigenvalue weighted by Crippen LogP contribution is -2.32. The van der Waals surface area contributed by atoms with E-state index in [9.17, 15) is 18.0 Å². The summed E-state index contributed by atoms with van der Waals surface area (Å²) in [5, 5.41) is 3.19. The molecule has 1 N–H and O–H groups in total. The van der Waals surface area contributed by atoms with Crippen LogP contribution in [0.3, 0.4) is 0 Å². The molecule has 0 unspecified atom stereocenters. The molecule has 0 atom stereocenters. The number of nitrogens with one attached hydrogen (secondary N) is 1. The van der Waals surface area contributed by atoms with Gasteiger partial charge < -0.3 is 10.1 Å². The van der Waals surface area contributed by atoms with E-state index in [0.717, 1.165) is 6.26 Å². The average molecular weight is 439 g/mol. The second-order valence-corrected chi connectivity index (χ2v) is 8.75. The van der Waals surface area contributed by atoms with Gasteiger partial charge in [-0.1, -0.05) is 17.7 Å². The maximum Gasteiger partial charge on any atom is 0.337 e. The van der Waals surface area contributed by atoms with Gasteiger partial charge in [0, 0.05) is 23.7 Å². The molecule has 0 radical (unpaired) electrons. The van der Waals surface area contributed by atoms with E-state index in [2.05, 4.69) is 10.1 Å². The number of esters is 1. The smallest absolute Gasteiger partial charge is 0.337 e. The Morgan fingerprint density at radius 1 is 1.14 bits per heavy atom. The molecule has 2 aromatic rings. The fourth-order valence-electron chi connectivity index (χ4n) is 2.75. The molecule has 0 bridgehead atoms. The van der Waals surface area contributed by atoms with Gasteiger partial charge in [-0.15, -0.1) is 0 Å². The maximum atomic E-state index is 12.2. The van der Waals surface area contributed by atoms with Crippen LogP contribution in [-0.4, -0.2) is 40.2 Å². The van der Waals surface area contributed by atoms with E-state index in [1.54, 1.807) is 49.4 Å². The van der Waals surface area contributed by atoms with Crippen LogP contribution in [0.4, 0.5) is 11.4 Å². The lowest BCUT2D eigenvalue weighted by atomic mass is 10.2. The molecule has 2 rings (SSSR count). The van der Waals surface area contributed by atoms with Crippen molar-refractivity contribution in [3.8, 4) is 0 Å². The molecule has 0 fully saturated rings. The Labute approximate surface area is 175 Å². The number of sulfonamides is 1. The van der Waals surface area contributed by atoms with Crippen molar-refractivity contribution in [2.75, 3.05) is 29.5 Å². The maximum absolute atomic E-state index is 12.2. The summed E-state index contributed by atoms with van der Waals surface area (Å²) >= 11 is 6.11. The first-order valence-corrected chi connectivity index (χ1v) is 11.1. The minimum Gasteiger partial charge on any atom is -0.465 e. The van der Waals surface area contributed by atoms with Crippen LogP contribution >= 0.6 is 11.6 Å². The van der Waals surface area contributed by atoms with Crippen LogP contribution in [0.25, 0.3) is 0 Å². The van der Waals surface area contributed by atoms with Gasteiger partial charge in [-0.25, -0.2) is 13.2 Å². The van der Waals surface area contributed by atoms with Gasteiger partial charge >= 0.3 is 5.97 Å². The van der Waals surface area contributed by atoms with E-state index in [1.165, 1.54) is 11.4 Å². The summed E-state index contributed by atoms with van der Waals surface area (Å²) in [7, 11) is -2.24. The Morgan fingerprint density at radius 2 is 1.79 bits per heavy atom.